The van der Waals surface area contributed by atoms with E-state index in [0.29, 0.717) is 10.9 Å². The molecular weight excluding hydrogens is 333 g/mol. The molecule has 110 valence electrons. The van der Waals surface area contributed by atoms with Crippen molar-refractivity contribution in [2.45, 2.75) is 25.8 Å². The van der Waals surface area contributed by atoms with Crippen LogP contribution in [0, 0.1) is 5.82 Å². The zero-order valence-electron chi connectivity index (χ0n) is 10.9. The lowest BCUT2D eigenvalue weighted by atomic mass is 10.2. The summed E-state index contributed by atoms with van der Waals surface area (Å²) in [5.74, 6) is -1.92. The molecule has 0 fully saturated rings. The average molecular weight is 348 g/mol. The monoisotopic (exact) mass is 347 g/mol. The van der Waals surface area contributed by atoms with E-state index in [0.717, 1.165) is 0 Å². The second-order valence-electron chi connectivity index (χ2n) is 4.26. The molecule has 0 radical (unpaired) electrons. The highest BCUT2D eigenvalue weighted by Gasteiger charge is 2.11. The Labute approximate surface area is 124 Å². The summed E-state index contributed by atoms with van der Waals surface area (Å²) in [4.78, 5) is 21.9. The Kier molecular flexibility index (Phi) is 6.44. The van der Waals surface area contributed by atoms with Gasteiger partial charge in [-0.15, -0.1) is 0 Å². The summed E-state index contributed by atoms with van der Waals surface area (Å²) in [6.45, 7) is 1.37. The molecular formula is C13H15BrFNO4. The number of halogens is 2. The summed E-state index contributed by atoms with van der Waals surface area (Å²) in [5, 5.41) is 11.1. The molecule has 1 aromatic carbocycles. The summed E-state index contributed by atoms with van der Waals surface area (Å²) in [7, 11) is 0. The molecule has 0 saturated carbocycles. The molecule has 1 atom stereocenters. The zero-order chi connectivity index (χ0) is 15.1. The van der Waals surface area contributed by atoms with E-state index < -0.39 is 17.7 Å². The maximum atomic E-state index is 13.4. The van der Waals surface area contributed by atoms with E-state index in [-0.39, 0.29) is 24.8 Å². The maximum absolute atomic E-state index is 13.4. The van der Waals surface area contributed by atoms with Crippen molar-refractivity contribution in [3.05, 3.63) is 28.5 Å². The van der Waals surface area contributed by atoms with Crippen molar-refractivity contribution < 1.29 is 23.8 Å². The first-order valence-corrected chi connectivity index (χ1v) is 6.77. The van der Waals surface area contributed by atoms with E-state index in [1.807, 2.05) is 0 Å². The van der Waals surface area contributed by atoms with Crippen molar-refractivity contribution in [3.8, 4) is 5.75 Å². The van der Waals surface area contributed by atoms with Gasteiger partial charge < -0.3 is 15.2 Å². The molecule has 7 heteroatoms. The van der Waals surface area contributed by atoms with Crippen LogP contribution in [0.3, 0.4) is 0 Å². The summed E-state index contributed by atoms with van der Waals surface area (Å²) in [5.41, 5.74) is 0. The van der Waals surface area contributed by atoms with Crippen LogP contribution in [0.5, 0.6) is 5.75 Å². The molecule has 1 unspecified atom stereocenters. The second kappa shape index (κ2) is 7.84. The third kappa shape index (κ3) is 6.01. The van der Waals surface area contributed by atoms with Crippen molar-refractivity contribution >= 4 is 27.8 Å². The van der Waals surface area contributed by atoms with Crippen molar-refractivity contribution in [2.75, 3.05) is 6.61 Å². The van der Waals surface area contributed by atoms with Crippen LogP contribution >= 0.6 is 15.9 Å². The number of benzene rings is 1. The fourth-order valence-electron chi connectivity index (χ4n) is 1.46. The first-order chi connectivity index (χ1) is 9.38. The lowest BCUT2D eigenvalue weighted by molar-refractivity contribution is -0.137. The number of hydrogen-bond donors (Lipinski definition) is 2. The average Bonchev–Trinajstić information content (AvgIpc) is 2.35. The van der Waals surface area contributed by atoms with Gasteiger partial charge in [0, 0.05) is 16.9 Å². The van der Waals surface area contributed by atoms with Gasteiger partial charge in [-0.3, -0.25) is 9.59 Å². The summed E-state index contributed by atoms with van der Waals surface area (Å²) >= 11 is 3.12. The van der Waals surface area contributed by atoms with Gasteiger partial charge in [0.05, 0.1) is 0 Å². The molecule has 0 spiro atoms. The van der Waals surface area contributed by atoms with Crippen molar-refractivity contribution in [3.63, 3.8) is 0 Å². The van der Waals surface area contributed by atoms with E-state index in [2.05, 4.69) is 21.2 Å². The SMILES string of the molecule is CC(CCC(=O)O)NC(=O)COc1ccc(Br)cc1F. The van der Waals surface area contributed by atoms with Gasteiger partial charge in [0.25, 0.3) is 5.91 Å². The molecule has 1 aromatic rings. The Bertz CT molecular complexity index is 495. The van der Waals surface area contributed by atoms with Gasteiger partial charge in [-0.25, -0.2) is 4.39 Å². The quantitative estimate of drug-likeness (QED) is 0.793. The van der Waals surface area contributed by atoms with Gasteiger partial charge in [-0.2, -0.15) is 0 Å². The van der Waals surface area contributed by atoms with Crippen LogP contribution in [-0.4, -0.2) is 29.6 Å². The van der Waals surface area contributed by atoms with Gasteiger partial charge in [-0.05, 0) is 31.5 Å². The van der Waals surface area contributed by atoms with Crippen LogP contribution in [0.15, 0.2) is 22.7 Å². The van der Waals surface area contributed by atoms with Crippen LogP contribution < -0.4 is 10.1 Å². The predicted molar refractivity (Wildman–Crippen MR) is 74.1 cm³/mol. The molecule has 1 rings (SSSR count). The lowest BCUT2D eigenvalue weighted by Crippen LogP contribution is -2.36. The Morgan fingerprint density at radius 3 is 2.80 bits per heavy atom. The minimum Gasteiger partial charge on any atom is -0.481 e. The van der Waals surface area contributed by atoms with Crippen LogP contribution in [0.1, 0.15) is 19.8 Å². The summed E-state index contributed by atoms with van der Waals surface area (Å²) < 4.78 is 19.1. The number of amides is 1. The summed E-state index contributed by atoms with van der Waals surface area (Å²) in [6.07, 6.45) is 0.303. The van der Waals surface area contributed by atoms with Gasteiger partial charge in [0.1, 0.15) is 0 Å². The van der Waals surface area contributed by atoms with E-state index >= 15 is 0 Å². The topological polar surface area (TPSA) is 75.6 Å². The van der Waals surface area contributed by atoms with Crippen LogP contribution in [0.25, 0.3) is 0 Å². The fraction of sp³-hybridized carbons (Fsp3) is 0.385. The highest BCUT2D eigenvalue weighted by molar-refractivity contribution is 9.10. The van der Waals surface area contributed by atoms with Crippen molar-refractivity contribution in [2.24, 2.45) is 0 Å². The standard InChI is InChI=1S/C13H15BrFNO4/c1-8(2-5-13(18)19)16-12(17)7-20-11-4-3-9(14)6-10(11)15/h3-4,6,8H,2,5,7H2,1H3,(H,16,17)(H,18,19). The summed E-state index contributed by atoms with van der Waals surface area (Å²) in [6, 6.07) is 3.98. The predicted octanol–water partition coefficient (Wildman–Crippen LogP) is 2.34. The molecule has 0 heterocycles. The lowest BCUT2D eigenvalue weighted by Gasteiger charge is -2.13. The fourth-order valence-corrected chi connectivity index (χ4v) is 1.80. The van der Waals surface area contributed by atoms with Crippen LogP contribution in [0.2, 0.25) is 0 Å². The van der Waals surface area contributed by atoms with Crippen LogP contribution in [-0.2, 0) is 9.59 Å². The molecule has 2 N–H and O–H groups in total. The van der Waals surface area contributed by atoms with Crippen molar-refractivity contribution in [1.82, 2.24) is 5.32 Å². The maximum Gasteiger partial charge on any atom is 0.303 e. The number of ether oxygens (including phenoxy) is 1. The molecule has 0 aliphatic rings. The third-order valence-electron chi connectivity index (χ3n) is 2.45. The minimum atomic E-state index is -0.917. The molecule has 0 aliphatic carbocycles. The van der Waals surface area contributed by atoms with E-state index in [1.54, 1.807) is 13.0 Å². The normalized spacial score (nSPS) is 11.8. The highest BCUT2D eigenvalue weighted by Crippen LogP contribution is 2.21. The van der Waals surface area contributed by atoms with Crippen LogP contribution in [0.4, 0.5) is 4.39 Å². The van der Waals surface area contributed by atoms with Gasteiger partial charge in [0.15, 0.2) is 18.2 Å². The number of aliphatic carboxylic acids is 1. The number of carboxylic acid groups (broad SMARTS) is 1. The first-order valence-electron chi connectivity index (χ1n) is 5.97. The Morgan fingerprint density at radius 2 is 2.20 bits per heavy atom. The first kappa shape index (κ1) is 16.4. The molecule has 20 heavy (non-hydrogen) atoms. The second-order valence-corrected chi connectivity index (χ2v) is 5.18. The number of rotatable bonds is 7. The highest BCUT2D eigenvalue weighted by atomic mass is 79.9. The van der Waals surface area contributed by atoms with Gasteiger partial charge >= 0.3 is 5.97 Å². The Balaban J connectivity index is 2.37. The number of carboxylic acids is 1. The Morgan fingerprint density at radius 1 is 1.50 bits per heavy atom. The van der Waals surface area contributed by atoms with E-state index in [9.17, 15) is 14.0 Å². The van der Waals surface area contributed by atoms with E-state index in [1.165, 1.54) is 12.1 Å². The van der Waals surface area contributed by atoms with E-state index in [4.69, 9.17) is 9.84 Å². The minimum absolute atomic E-state index is 0.0125. The smallest absolute Gasteiger partial charge is 0.303 e. The number of carbonyl (C=O) groups excluding carboxylic acids is 1. The third-order valence-corrected chi connectivity index (χ3v) is 2.94. The number of hydrogen-bond acceptors (Lipinski definition) is 3. The number of nitrogens with one attached hydrogen (secondary N) is 1. The van der Waals surface area contributed by atoms with Crippen molar-refractivity contribution in [1.29, 1.82) is 0 Å². The molecule has 0 aliphatic heterocycles. The molecule has 5 nitrogen and oxygen atoms in total. The molecule has 0 aromatic heterocycles. The number of carbonyl (C=O) groups is 2. The zero-order valence-corrected chi connectivity index (χ0v) is 12.4. The van der Waals surface area contributed by atoms with Gasteiger partial charge in [-0.1, -0.05) is 15.9 Å². The molecule has 1 amide bonds. The molecule has 0 saturated heterocycles. The molecule has 0 bridgehead atoms. The van der Waals surface area contributed by atoms with Gasteiger partial charge in [0.2, 0.25) is 0 Å². The Hall–Kier alpha value is -1.63. The largest absolute Gasteiger partial charge is 0.481 e.